The minimum absolute atomic E-state index is 0.164. The van der Waals surface area contributed by atoms with Crippen LogP contribution < -0.4 is 4.90 Å². The lowest BCUT2D eigenvalue weighted by molar-refractivity contribution is -0.147. The highest BCUT2D eigenvalue weighted by atomic mass is 16.5. The number of para-hydroxylation sites is 2. The van der Waals surface area contributed by atoms with E-state index in [0.717, 1.165) is 73.6 Å². The van der Waals surface area contributed by atoms with Crippen molar-refractivity contribution in [2.45, 2.75) is 25.2 Å². The summed E-state index contributed by atoms with van der Waals surface area (Å²) in [7, 11) is 1.48. The molecule has 1 N–H and O–H groups in total. The van der Waals surface area contributed by atoms with Crippen LogP contribution in [0.1, 0.15) is 25.3 Å². The summed E-state index contributed by atoms with van der Waals surface area (Å²) in [6, 6.07) is 26.8. The van der Waals surface area contributed by atoms with Crippen LogP contribution in [-0.4, -0.2) is 60.7 Å². The van der Waals surface area contributed by atoms with Gasteiger partial charge in [0.15, 0.2) is 0 Å². The molecule has 0 spiro atoms. The van der Waals surface area contributed by atoms with Gasteiger partial charge in [0.2, 0.25) is 0 Å². The number of aromatic nitrogens is 2. The van der Waals surface area contributed by atoms with Gasteiger partial charge in [-0.05, 0) is 56.1 Å². The van der Waals surface area contributed by atoms with Crippen LogP contribution in [0.2, 0.25) is 0 Å². The Morgan fingerprint density at radius 1 is 0.972 bits per heavy atom. The lowest BCUT2D eigenvalue weighted by atomic mass is 9.78. The van der Waals surface area contributed by atoms with Gasteiger partial charge >= 0.3 is 5.97 Å². The van der Waals surface area contributed by atoms with Gasteiger partial charge in [0.1, 0.15) is 5.82 Å². The molecule has 1 atom stereocenters. The number of carbonyl (C=O) groups excluding carboxylic acids is 1. The van der Waals surface area contributed by atoms with Gasteiger partial charge in [0.25, 0.3) is 0 Å². The van der Waals surface area contributed by atoms with Crippen molar-refractivity contribution in [2.75, 3.05) is 44.7 Å². The van der Waals surface area contributed by atoms with Crippen LogP contribution in [0, 0.1) is 0 Å². The van der Waals surface area contributed by atoms with E-state index in [1.165, 1.54) is 12.8 Å². The number of methoxy groups -OCH3 is 1. The van der Waals surface area contributed by atoms with E-state index in [4.69, 9.17) is 9.72 Å². The molecule has 36 heavy (non-hydrogen) atoms. The Balaban J connectivity index is 1.17. The maximum Gasteiger partial charge on any atom is 0.315 e. The normalized spacial score (nSPS) is 16.1. The first-order valence-corrected chi connectivity index (χ1v) is 12.7. The van der Waals surface area contributed by atoms with E-state index < -0.39 is 5.41 Å². The van der Waals surface area contributed by atoms with Crippen molar-refractivity contribution in [1.29, 1.82) is 0 Å². The van der Waals surface area contributed by atoms with Crippen LogP contribution in [0.5, 0.6) is 0 Å². The molecule has 6 nitrogen and oxygen atoms in total. The number of nitrogens with zero attached hydrogens (tertiary/aromatic N) is 3. The number of aromatic amines is 1. The summed E-state index contributed by atoms with van der Waals surface area (Å²) in [5.74, 6) is 0.742. The van der Waals surface area contributed by atoms with Crippen LogP contribution in [0.4, 0.5) is 5.69 Å². The highest BCUT2D eigenvalue weighted by Gasteiger charge is 2.36. The maximum absolute atomic E-state index is 12.6. The van der Waals surface area contributed by atoms with E-state index in [-0.39, 0.29) is 5.97 Å². The van der Waals surface area contributed by atoms with Crippen molar-refractivity contribution in [3.05, 3.63) is 84.4 Å². The molecule has 1 aliphatic heterocycles. The Hall–Kier alpha value is -3.64. The number of esters is 1. The van der Waals surface area contributed by atoms with Crippen molar-refractivity contribution < 1.29 is 9.53 Å². The molecule has 0 amide bonds. The smallest absolute Gasteiger partial charge is 0.315 e. The Labute approximate surface area is 212 Å². The van der Waals surface area contributed by atoms with E-state index in [2.05, 4.69) is 45.1 Å². The summed E-state index contributed by atoms with van der Waals surface area (Å²) in [5, 5.41) is 0. The maximum atomic E-state index is 12.6. The number of fused-ring (bicyclic) bond motifs is 1. The van der Waals surface area contributed by atoms with Crippen LogP contribution in [0.3, 0.4) is 0 Å². The molecular weight excluding hydrogens is 448 g/mol. The molecule has 1 aromatic heterocycles. The fourth-order valence-electron chi connectivity index (χ4n) is 5.22. The van der Waals surface area contributed by atoms with E-state index in [1.54, 1.807) is 0 Å². The van der Waals surface area contributed by atoms with Crippen LogP contribution in [-0.2, 0) is 14.9 Å². The van der Waals surface area contributed by atoms with E-state index in [1.807, 2.05) is 55.5 Å². The Kier molecular flexibility index (Phi) is 7.05. The molecule has 5 rings (SSSR count). The van der Waals surface area contributed by atoms with Crippen LogP contribution in [0.15, 0.2) is 78.9 Å². The quantitative estimate of drug-likeness (QED) is 0.347. The third-order valence-electron chi connectivity index (χ3n) is 7.44. The van der Waals surface area contributed by atoms with Crippen molar-refractivity contribution in [3.8, 4) is 11.4 Å². The molecule has 0 bridgehead atoms. The number of ether oxygens (including phenoxy) is 1. The second-order valence-corrected chi connectivity index (χ2v) is 9.77. The number of piperazine rings is 1. The van der Waals surface area contributed by atoms with Crippen molar-refractivity contribution >= 4 is 22.7 Å². The monoisotopic (exact) mass is 482 g/mol. The second kappa shape index (κ2) is 10.5. The number of benzene rings is 3. The number of H-pyrrole nitrogens is 1. The number of hydrogen-bond donors (Lipinski definition) is 1. The summed E-state index contributed by atoms with van der Waals surface area (Å²) in [6.07, 6.45) is 1.71. The largest absolute Gasteiger partial charge is 0.468 e. The molecule has 186 valence electrons. The summed E-state index contributed by atoms with van der Waals surface area (Å²) in [4.78, 5) is 25.8. The lowest BCUT2D eigenvalue weighted by Crippen LogP contribution is -2.47. The number of imidazole rings is 1. The summed E-state index contributed by atoms with van der Waals surface area (Å²) >= 11 is 0. The zero-order valence-electron chi connectivity index (χ0n) is 21.1. The average Bonchev–Trinajstić information content (AvgIpc) is 3.38. The fraction of sp³-hybridized carbons (Fsp3) is 0.333. The summed E-state index contributed by atoms with van der Waals surface area (Å²) in [6.45, 7) is 6.96. The fourth-order valence-corrected chi connectivity index (χ4v) is 5.22. The molecule has 6 heteroatoms. The van der Waals surface area contributed by atoms with E-state index >= 15 is 0 Å². The van der Waals surface area contributed by atoms with Gasteiger partial charge in [-0.1, -0.05) is 54.6 Å². The van der Waals surface area contributed by atoms with Crippen molar-refractivity contribution in [3.63, 3.8) is 0 Å². The number of anilines is 1. The van der Waals surface area contributed by atoms with Crippen LogP contribution in [0.25, 0.3) is 22.4 Å². The zero-order chi connectivity index (χ0) is 25.0. The summed E-state index contributed by atoms with van der Waals surface area (Å²) in [5.41, 5.74) is 4.79. The zero-order valence-corrected chi connectivity index (χ0v) is 21.1. The molecule has 1 unspecified atom stereocenters. The Morgan fingerprint density at radius 2 is 1.72 bits per heavy atom. The molecular formula is C30H34N4O2. The molecule has 1 aliphatic rings. The van der Waals surface area contributed by atoms with Crippen LogP contribution >= 0.6 is 0 Å². The van der Waals surface area contributed by atoms with Crippen molar-refractivity contribution in [1.82, 2.24) is 14.9 Å². The number of hydrogen-bond acceptors (Lipinski definition) is 5. The molecule has 0 aliphatic carbocycles. The molecule has 3 aromatic carbocycles. The first-order valence-electron chi connectivity index (χ1n) is 12.7. The Bertz CT molecular complexity index is 1280. The third kappa shape index (κ3) is 5.00. The molecule has 2 heterocycles. The third-order valence-corrected chi connectivity index (χ3v) is 7.44. The molecule has 0 saturated carbocycles. The first-order chi connectivity index (χ1) is 17.6. The number of rotatable bonds is 8. The van der Waals surface area contributed by atoms with Gasteiger partial charge in [-0.15, -0.1) is 0 Å². The first kappa shape index (κ1) is 24.1. The molecule has 1 fully saturated rings. The van der Waals surface area contributed by atoms with Crippen molar-refractivity contribution in [2.24, 2.45) is 0 Å². The average molecular weight is 483 g/mol. The van der Waals surface area contributed by atoms with E-state index in [0.29, 0.717) is 0 Å². The predicted octanol–water partition coefficient (Wildman–Crippen LogP) is 5.26. The van der Waals surface area contributed by atoms with Gasteiger partial charge in [-0.2, -0.15) is 0 Å². The topological polar surface area (TPSA) is 61.5 Å². The van der Waals surface area contributed by atoms with Gasteiger partial charge in [0, 0.05) is 37.4 Å². The van der Waals surface area contributed by atoms with Gasteiger partial charge in [-0.3, -0.25) is 9.69 Å². The second-order valence-electron chi connectivity index (χ2n) is 9.77. The number of carbonyl (C=O) groups is 1. The van der Waals surface area contributed by atoms with Gasteiger partial charge < -0.3 is 14.6 Å². The number of nitrogens with one attached hydrogen (secondary N) is 1. The minimum atomic E-state index is -0.616. The summed E-state index contributed by atoms with van der Waals surface area (Å²) < 4.78 is 5.17. The van der Waals surface area contributed by atoms with E-state index in [9.17, 15) is 4.79 Å². The Morgan fingerprint density at radius 3 is 2.47 bits per heavy atom. The highest BCUT2D eigenvalue weighted by Crippen LogP contribution is 2.31. The predicted molar refractivity (Wildman–Crippen MR) is 145 cm³/mol. The SMILES string of the molecule is COC(=O)C(C)(CCCN1CCN(c2cccc(-c3nc4ccccc4[nH]3)c2)CC1)c1ccccc1. The standard InChI is InChI=1S/C30H34N4O2/c1-30(29(35)36-2,24-11-4-3-5-12-24)16-9-17-33-18-20-34(21-19-33)25-13-8-10-23(22-25)28-31-26-14-6-7-15-27(26)32-28/h3-8,10-15,22H,9,16-21H2,1-2H3,(H,31,32). The molecule has 4 aromatic rings. The lowest BCUT2D eigenvalue weighted by Gasteiger charge is -2.37. The molecule has 1 saturated heterocycles. The minimum Gasteiger partial charge on any atom is -0.468 e. The van der Waals surface area contributed by atoms with Gasteiger partial charge in [0.05, 0.1) is 23.6 Å². The molecule has 0 radical (unpaired) electrons. The highest BCUT2D eigenvalue weighted by molar-refractivity contribution is 5.82. The van der Waals surface area contributed by atoms with Gasteiger partial charge in [-0.25, -0.2) is 4.98 Å².